The van der Waals surface area contributed by atoms with Crippen molar-refractivity contribution in [1.29, 1.82) is 5.26 Å². The highest BCUT2D eigenvalue weighted by Crippen LogP contribution is 2.11. The molecule has 24 heavy (non-hydrogen) atoms. The van der Waals surface area contributed by atoms with Gasteiger partial charge in [-0.15, -0.1) is 0 Å². The van der Waals surface area contributed by atoms with Crippen molar-refractivity contribution in [2.24, 2.45) is 5.92 Å². The average molecular weight is 331 g/mol. The summed E-state index contributed by atoms with van der Waals surface area (Å²) in [5.74, 6) is -1.13. The number of nitrogens with zero attached hydrogens (tertiary/aromatic N) is 1. The Morgan fingerprint density at radius 2 is 1.75 bits per heavy atom. The molecule has 0 bridgehead atoms. The molecule has 0 aliphatic heterocycles. The lowest BCUT2D eigenvalue weighted by Gasteiger charge is -2.17. The smallest absolute Gasteiger partial charge is 0.338 e. The van der Waals surface area contributed by atoms with Gasteiger partial charge in [0.1, 0.15) is 6.42 Å². The van der Waals surface area contributed by atoms with Gasteiger partial charge >= 0.3 is 5.97 Å². The minimum atomic E-state index is -0.628. The van der Waals surface area contributed by atoms with Gasteiger partial charge in [0.05, 0.1) is 11.6 Å². The second-order valence-corrected chi connectivity index (χ2v) is 5.64. The van der Waals surface area contributed by atoms with Gasteiger partial charge in [0, 0.05) is 11.7 Å². The normalized spacial score (nSPS) is 11.3. The molecule has 0 radical (unpaired) electrons. The summed E-state index contributed by atoms with van der Waals surface area (Å²) in [7, 11) is 0. The molecule has 0 aliphatic carbocycles. The highest BCUT2D eigenvalue weighted by Gasteiger charge is 2.14. The number of ether oxygens (including phenoxy) is 1. The molecule has 7 nitrogen and oxygen atoms in total. The van der Waals surface area contributed by atoms with Crippen LogP contribution in [0.25, 0.3) is 0 Å². The Bertz CT molecular complexity index is 632. The fourth-order valence-corrected chi connectivity index (χ4v) is 1.64. The molecule has 1 aromatic rings. The van der Waals surface area contributed by atoms with E-state index in [0.717, 1.165) is 0 Å². The second kappa shape index (κ2) is 9.30. The first kappa shape index (κ1) is 19.2. The van der Waals surface area contributed by atoms with E-state index in [9.17, 15) is 14.4 Å². The fourth-order valence-electron chi connectivity index (χ4n) is 1.64. The molecule has 0 unspecified atom stereocenters. The van der Waals surface area contributed by atoms with Crippen molar-refractivity contribution in [2.45, 2.75) is 33.2 Å². The zero-order valence-corrected chi connectivity index (χ0v) is 14.0. The number of nitrogens with one attached hydrogen (secondary N) is 2. The predicted molar refractivity (Wildman–Crippen MR) is 88.0 cm³/mol. The minimum absolute atomic E-state index is 0.00694. The van der Waals surface area contributed by atoms with E-state index in [1.807, 2.05) is 20.8 Å². The van der Waals surface area contributed by atoms with E-state index in [0.29, 0.717) is 5.69 Å². The maximum absolute atomic E-state index is 11.9. The number of nitriles is 1. The quantitative estimate of drug-likeness (QED) is 0.741. The Balaban J connectivity index is 2.49. The molecular weight excluding hydrogens is 310 g/mol. The number of amides is 2. The number of benzene rings is 1. The highest BCUT2D eigenvalue weighted by atomic mass is 16.5. The molecule has 1 rings (SSSR count). The number of hydrogen-bond donors (Lipinski definition) is 2. The van der Waals surface area contributed by atoms with Gasteiger partial charge in [-0.2, -0.15) is 5.26 Å². The van der Waals surface area contributed by atoms with Gasteiger partial charge in [0.2, 0.25) is 5.91 Å². The monoisotopic (exact) mass is 331 g/mol. The van der Waals surface area contributed by atoms with Crippen molar-refractivity contribution >= 4 is 23.5 Å². The van der Waals surface area contributed by atoms with Gasteiger partial charge in [-0.05, 0) is 37.1 Å². The molecule has 7 heteroatoms. The van der Waals surface area contributed by atoms with E-state index < -0.39 is 11.9 Å². The third-order valence-electron chi connectivity index (χ3n) is 3.37. The van der Waals surface area contributed by atoms with E-state index in [4.69, 9.17) is 10.00 Å². The van der Waals surface area contributed by atoms with Crippen molar-refractivity contribution in [3.63, 3.8) is 0 Å². The predicted octanol–water partition coefficient (Wildman–Crippen LogP) is 1.86. The van der Waals surface area contributed by atoms with Gasteiger partial charge in [-0.1, -0.05) is 13.8 Å². The number of anilines is 1. The van der Waals surface area contributed by atoms with Crippen LogP contribution in [0.5, 0.6) is 0 Å². The standard InChI is InChI=1S/C17H21N3O4/c1-11(2)12(3)19-16(22)10-24-17(23)13-4-6-14(7-5-13)20-15(21)8-9-18/h4-7,11-12H,8,10H2,1-3H3,(H,19,22)(H,20,21)/t12-/m0/s1. The van der Waals surface area contributed by atoms with Gasteiger partial charge < -0.3 is 15.4 Å². The van der Waals surface area contributed by atoms with Crippen molar-refractivity contribution < 1.29 is 19.1 Å². The van der Waals surface area contributed by atoms with Crippen LogP contribution in [0.2, 0.25) is 0 Å². The van der Waals surface area contributed by atoms with Gasteiger partial charge in [-0.3, -0.25) is 9.59 Å². The first-order valence-electron chi connectivity index (χ1n) is 7.56. The lowest BCUT2D eigenvalue weighted by molar-refractivity contribution is -0.125. The SMILES string of the molecule is CC(C)[C@H](C)NC(=O)COC(=O)c1ccc(NC(=O)CC#N)cc1. The minimum Gasteiger partial charge on any atom is -0.452 e. The number of hydrogen-bond acceptors (Lipinski definition) is 5. The summed E-state index contributed by atoms with van der Waals surface area (Å²) in [5.41, 5.74) is 0.730. The van der Waals surface area contributed by atoms with Crippen LogP contribution in [0.3, 0.4) is 0 Å². The summed E-state index contributed by atoms with van der Waals surface area (Å²) in [6.45, 7) is 5.49. The van der Waals surface area contributed by atoms with Crippen molar-refractivity contribution in [3.8, 4) is 6.07 Å². The second-order valence-electron chi connectivity index (χ2n) is 5.64. The van der Waals surface area contributed by atoms with Crippen LogP contribution in [-0.2, 0) is 14.3 Å². The summed E-state index contributed by atoms with van der Waals surface area (Å²) in [6, 6.07) is 7.72. The number of carbonyl (C=O) groups excluding carboxylic acids is 3. The molecule has 0 fully saturated rings. The molecule has 0 aromatic heterocycles. The fraction of sp³-hybridized carbons (Fsp3) is 0.412. The highest BCUT2D eigenvalue weighted by molar-refractivity contribution is 5.94. The summed E-state index contributed by atoms with van der Waals surface area (Å²) in [4.78, 5) is 34.8. The summed E-state index contributed by atoms with van der Waals surface area (Å²) in [5, 5.41) is 13.7. The van der Waals surface area contributed by atoms with Crippen molar-refractivity contribution in [1.82, 2.24) is 5.32 Å². The van der Waals surface area contributed by atoms with E-state index in [1.54, 1.807) is 6.07 Å². The molecular formula is C17H21N3O4. The van der Waals surface area contributed by atoms with Gasteiger partial charge in [0.25, 0.3) is 5.91 Å². The topological polar surface area (TPSA) is 108 Å². The molecule has 0 saturated carbocycles. The molecule has 1 atom stereocenters. The third-order valence-corrected chi connectivity index (χ3v) is 3.37. The molecule has 0 saturated heterocycles. The lowest BCUT2D eigenvalue weighted by Crippen LogP contribution is -2.38. The van der Waals surface area contributed by atoms with Crippen molar-refractivity contribution in [3.05, 3.63) is 29.8 Å². The largest absolute Gasteiger partial charge is 0.452 e. The molecule has 0 heterocycles. The number of carbonyl (C=O) groups is 3. The lowest BCUT2D eigenvalue weighted by atomic mass is 10.1. The van der Waals surface area contributed by atoms with Crippen LogP contribution >= 0.6 is 0 Å². The zero-order valence-electron chi connectivity index (χ0n) is 14.0. The van der Waals surface area contributed by atoms with Crippen LogP contribution in [-0.4, -0.2) is 30.4 Å². The molecule has 2 amide bonds. The number of rotatable bonds is 7. The van der Waals surface area contributed by atoms with Crippen LogP contribution in [0, 0.1) is 17.2 Å². The molecule has 0 aliphatic rings. The van der Waals surface area contributed by atoms with Gasteiger partial charge in [0.15, 0.2) is 6.61 Å². The Kier molecular flexibility index (Phi) is 7.43. The third kappa shape index (κ3) is 6.48. The maximum Gasteiger partial charge on any atom is 0.338 e. The summed E-state index contributed by atoms with van der Waals surface area (Å²) in [6.07, 6.45) is -0.242. The molecule has 1 aromatic carbocycles. The average Bonchev–Trinajstić information content (AvgIpc) is 2.53. The molecule has 2 N–H and O–H groups in total. The Morgan fingerprint density at radius 1 is 1.12 bits per heavy atom. The van der Waals surface area contributed by atoms with Crippen LogP contribution in [0.1, 0.15) is 37.6 Å². The van der Waals surface area contributed by atoms with E-state index in [1.165, 1.54) is 24.3 Å². The van der Waals surface area contributed by atoms with E-state index in [2.05, 4.69) is 10.6 Å². The Labute approximate surface area is 141 Å². The zero-order chi connectivity index (χ0) is 18.1. The first-order chi connectivity index (χ1) is 11.3. The first-order valence-corrected chi connectivity index (χ1v) is 7.56. The van der Waals surface area contributed by atoms with Crippen LogP contribution in [0.4, 0.5) is 5.69 Å². The van der Waals surface area contributed by atoms with Gasteiger partial charge in [-0.25, -0.2) is 4.79 Å². The van der Waals surface area contributed by atoms with Crippen LogP contribution in [0.15, 0.2) is 24.3 Å². The summed E-state index contributed by atoms with van der Waals surface area (Å²) >= 11 is 0. The Hall–Kier alpha value is -2.88. The molecule has 0 spiro atoms. The van der Waals surface area contributed by atoms with Crippen molar-refractivity contribution in [2.75, 3.05) is 11.9 Å². The van der Waals surface area contributed by atoms with E-state index >= 15 is 0 Å². The van der Waals surface area contributed by atoms with Crippen LogP contribution < -0.4 is 10.6 Å². The maximum atomic E-state index is 11.9. The summed E-state index contributed by atoms with van der Waals surface area (Å²) < 4.78 is 4.95. The Morgan fingerprint density at radius 3 is 2.29 bits per heavy atom. The number of esters is 1. The molecule has 128 valence electrons. The van der Waals surface area contributed by atoms with E-state index in [-0.39, 0.29) is 36.5 Å².